The first-order chi connectivity index (χ1) is 16.0. The molecule has 1 aromatic carbocycles. The van der Waals surface area contributed by atoms with Crippen LogP contribution in [0.25, 0.3) is 0 Å². The standard InChI is InChI=1S/C27H41NO6/c1-5-11-20(24(31)34-26(2,3)4)19-27(15-9-10-16-27)25(32)28-21(18-23(29)30)14-17-33-22-12-7-6-8-13-22/h6-8,12-13,20-21H,5,9-11,14-19H2,1-4H3,(H,28,32)(H,29,30)/t20-,21-/m1/s1. The van der Waals surface area contributed by atoms with Crippen LogP contribution in [-0.4, -0.2) is 41.2 Å². The summed E-state index contributed by atoms with van der Waals surface area (Å²) in [5.41, 5.74) is -1.26. The highest BCUT2D eigenvalue weighted by Gasteiger charge is 2.45. The summed E-state index contributed by atoms with van der Waals surface area (Å²) in [6, 6.07) is 8.76. The summed E-state index contributed by atoms with van der Waals surface area (Å²) in [5.74, 6) is -1.03. The van der Waals surface area contributed by atoms with Gasteiger partial charge in [0.1, 0.15) is 11.4 Å². The van der Waals surface area contributed by atoms with Gasteiger partial charge in [-0.25, -0.2) is 0 Å². The molecule has 1 amide bonds. The van der Waals surface area contributed by atoms with Gasteiger partial charge in [0, 0.05) is 12.5 Å². The number of carboxylic acid groups (broad SMARTS) is 1. The third-order valence-electron chi connectivity index (χ3n) is 6.29. The van der Waals surface area contributed by atoms with E-state index in [-0.39, 0.29) is 24.2 Å². The maximum Gasteiger partial charge on any atom is 0.309 e. The fraction of sp³-hybridized carbons (Fsp3) is 0.667. The van der Waals surface area contributed by atoms with Gasteiger partial charge in [-0.15, -0.1) is 0 Å². The van der Waals surface area contributed by atoms with E-state index in [1.807, 2.05) is 58.0 Å². The van der Waals surface area contributed by atoms with E-state index in [4.69, 9.17) is 9.47 Å². The van der Waals surface area contributed by atoms with Gasteiger partial charge >= 0.3 is 11.9 Å². The molecule has 190 valence electrons. The second kappa shape index (κ2) is 12.8. The van der Waals surface area contributed by atoms with Gasteiger partial charge < -0.3 is 19.9 Å². The Kier molecular flexibility index (Phi) is 10.4. The van der Waals surface area contributed by atoms with Crippen molar-refractivity contribution in [1.29, 1.82) is 0 Å². The van der Waals surface area contributed by atoms with Gasteiger partial charge in [0.2, 0.25) is 5.91 Å². The van der Waals surface area contributed by atoms with Gasteiger partial charge in [-0.05, 0) is 58.6 Å². The fourth-order valence-electron chi connectivity index (χ4n) is 4.69. The number of carboxylic acids is 1. The Bertz CT molecular complexity index is 795. The Morgan fingerprint density at radius 3 is 2.29 bits per heavy atom. The summed E-state index contributed by atoms with van der Waals surface area (Å²) >= 11 is 0. The summed E-state index contributed by atoms with van der Waals surface area (Å²) in [7, 11) is 0. The number of para-hydroxylation sites is 1. The molecule has 1 aliphatic rings. The van der Waals surface area contributed by atoms with Crippen LogP contribution in [0.5, 0.6) is 5.75 Å². The number of carbonyl (C=O) groups is 3. The molecular formula is C27H41NO6. The van der Waals surface area contributed by atoms with Crippen molar-refractivity contribution in [2.75, 3.05) is 6.61 Å². The van der Waals surface area contributed by atoms with E-state index >= 15 is 0 Å². The van der Waals surface area contributed by atoms with E-state index in [0.717, 1.165) is 19.3 Å². The van der Waals surface area contributed by atoms with E-state index in [9.17, 15) is 19.5 Å². The van der Waals surface area contributed by atoms with Crippen molar-refractivity contribution < 1.29 is 29.0 Å². The molecule has 0 aliphatic heterocycles. The first-order valence-electron chi connectivity index (χ1n) is 12.5. The molecule has 0 unspecified atom stereocenters. The molecule has 2 N–H and O–H groups in total. The molecule has 7 nitrogen and oxygen atoms in total. The third-order valence-corrected chi connectivity index (χ3v) is 6.29. The number of esters is 1. The Balaban J connectivity index is 2.09. The first-order valence-corrected chi connectivity index (χ1v) is 12.5. The Morgan fingerprint density at radius 1 is 1.09 bits per heavy atom. The number of rotatable bonds is 13. The average Bonchev–Trinajstić information content (AvgIpc) is 3.22. The molecule has 1 aliphatic carbocycles. The molecule has 2 rings (SSSR count). The topological polar surface area (TPSA) is 102 Å². The number of hydrogen-bond acceptors (Lipinski definition) is 5. The molecule has 1 fully saturated rings. The van der Waals surface area contributed by atoms with Crippen molar-refractivity contribution in [3.05, 3.63) is 30.3 Å². The summed E-state index contributed by atoms with van der Waals surface area (Å²) in [6.07, 6.45) is 5.35. The lowest BCUT2D eigenvalue weighted by atomic mass is 9.75. The van der Waals surface area contributed by atoms with Crippen molar-refractivity contribution in [2.24, 2.45) is 11.3 Å². The second-order valence-electron chi connectivity index (χ2n) is 10.4. The molecule has 7 heteroatoms. The van der Waals surface area contributed by atoms with Crippen LogP contribution in [0.1, 0.15) is 85.5 Å². The van der Waals surface area contributed by atoms with Crippen LogP contribution in [0.4, 0.5) is 0 Å². The van der Waals surface area contributed by atoms with Gasteiger partial charge in [0.25, 0.3) is 0 Å². The predicted molar refractivity (Wildman–Crippen MR) is 130 cm³/mol. The van der Waals surface area contributed by atoms with Crippen LogP contribution >= 0.6 is 0 Å². The average molecular weight is 476 g/mol. The smallest absolute Gasteiger partial charge is 0.309 e. The molecule has 1 saturated carbocycles. The molecule has 0 bridgehead atoms. The van der Waals surface area contributed by atoms with Crippen molar-refractivity contribution in [3.8, 4) is 5.75 Å². The van der Waals surface area contributed by atoms with E-state index in [2.05, 4.69) is 5.32 Å². The summed E-state index contributed by atoms with van der Waals surface area (Å²) in [6.45, 7) is 7.86. The minimum Gasteiger partial charge on any atom is -0.494 e. The molecular weight excluding hydrogens is 434 g/mol. The number of carbonyl (C=O) groups excluding carboxylic acids is 2. The van der Waals surface area contributed by atoms with Gasteiger partial charge in [0.15, 0.2) is 0 Å². The number of ether oxygens (including phenoxy) is 2. The minimum atomic E-state index is -0.969. The molecule has 2 atom stereocenters. The van der Waals surface area contributed by atoms with Crippen LogP contribution in [0, 0.1) is 11.3 Å². The van der Waals surface area contributed by atoms with Crippen LogP contribution < -0.4 is 10.1 Å². The summed E-state index contributed by atoms with van der Waals surface area (Å²) in [5, 5.41) is 12.4. The largest absolute Gasteiger partial charge is 0.494 e. The molecule has 0 heterocycles. The zero-order chi connectivity index (χ0) is 25.2. The maximum atomic E-state index is 13.5. The molecule has 1 aromatic rings. The van der Waals surface area contributed by atoms with Gasteiger partial charge in [-0.3, -0.25) is 14.4 Å². The number of nitrogens with one attached hydrogen (secondary N) is 1. The zero-order valence-electron chi connectivity index (χ0n) is 21.1. The molecule has 34 heavy (non-hydrogen) atoms. The number of hydrogen-bond donors (Lipinski definition) is 2. The van der Waals surface area contributed by atoms with Crippen LogP contribution in [0.3, 0.4) is 0 Å². The zero-order valence-corrected chi connectivity index (χ0v) is 21.1. The van der Waals surface area contributed by atoms with Crippen molar-refractivity contribution >= 4 is 17.8 Å². The van der Waals surface area contributed by atoms with Gasteiger partial charge in [-0.2, -0.15) is 0 Å². The van der Waals surface area contributed by atoms with E-state index in [1.165, 1.54) is 0 Å². The highest BCUT2D eigenvalue weighted by Crippen LogP contribution is 2.45. The normalized spacial score (nSPS) is 16.9. The fourth-order valence-corrected chi connectivity index (χ4v) is 4.69. The molecule has 0 saturated heterocycles. The highest BCUT2D eigenvalue weighted by atomic mass is 16.6. The van der Waals surface area contributed by atoms with Crippen LogP contribution in [-0.2, 0) is 19.1 Å². The van der Waals surface area contributed by atoms with E-state index in [0.29, 0.717) is 44.5 Å². The van der Waals surface area contributed by atoms with Gasteiger partial charge in [0.05, 0.1) is 24.4 Å². The second-order valence-corrected chi connectivity index (χ2v) is 10.4. The third kappa shape index (κ3) is 8.99. The maximum absolute atomic E-state index is 13.5. The lowest BCUT2D eigenvalue weighted by Crippen LogP contribution is -2.47. The number of aliphatic carboxylic acids is 1. The summed E-state index contributed by atoms with van der Waals surface area (Å²) in [4.78, 5) is 37.9. The van der Waals surface area contributed by atoms with Crippen molar-refractivity contribution in [2.45, 2.75) is 97.1 Å². The quantitative estimate of drug-likeness (QED) is 0.384. The lowest BCUT2D eigenvalue weighted by Gasteiger charge is -2.33. The summed E-state index contributed by atoms with van der Waals surface area (Å²) < 4.78 is 11.4. The molecule has 0 aromatic heterocycles. The van der Waals surface area contributed by atoms with Crippen LogP contribution in [0.2, 0.25) is 0 Å². The Labute approximate surface area is 203 Å². The van der Waals surface area contributed by atoms with E-state index < -0.39 is 23.0 Å². The molecule has 0 radical (unpaired) electrons. The van der Waals surface area contributed by atoms with Crippen molar-refractivity contribution in [3.63, 3.8) is 0 Å². The lowest BCUT2D eigenvalue weighted by molar-refractivity contribution is -0.162. The van der Waals surface area contributed by atoms with E-state index in [1.54, 1.807) is 0 Å². The monoisotopic (exact) mass is 475 g/mol. The first kappa shape index (κ1) is 27.7. The molecule has 0 spiro atoms. The van der Waals surface area contributed by atoms with Gasteiger partial charge in [-0.1, -0.05) is 44.4 Å². The SMILES string of the molecule is CCC[C@H](CC1(C(=O)N[C@H](CCOc2ccccc2)CC(=O)O)CCCC1)C(=O)OC(C)(C)C. The predicted octanol–water partition coefficient (Wildman–Crippen LogP) is 5.12. The Morgan fingerprint density at radius 2 is 1.74 bits per heavy atom. The Hall–Kier alpha value is -2.57. The van der Waals surface area contributed by atoms with Crippen LogP contribution in [0.15, 0.2) is 30.3 Å². The highest BCUT2D eigenvalue weighted by molar-refractivity contribution is 5.85. The number of benzene rings is 1. The minimum absolute atomic E-state index is 0.152. The number of amides is 1. The van der Waals surface area contributed by atoms with Crippen molar-refractivity contribution in [1.82, 2.24) is 5.32 Å².